The largest absolute Gasteiger partial charge is 0.365 e. The van der Waals surface area contributed by atoms with Crippen molar-refractivity contribution >= 4 is 29.1 Å². The summed E-state index contributed by atoms with van der Waals surface area (Å²) in [5.41, 5.74) is 1.26. The Hall–Kier alpha value is -2.20. The van der Waals surface area contributed by atoms with Gasteiger partial charge >= 0.3 is 5.97 Å². The minimum atomic E-state index is -0.605. The minimum Gasteiger partial charge on any atom is -0.312 e. The van der Waals surface area contributed by atoms with Crippen LogP contribution in [0.2, 0.25) is 5.02 Å². The van der Waals surface area contributed by atoms with Crippen LogP contribution in [0.3, 0.4) is 0 Å². The van der Waals surface area contributed by atoms with E-state index in [1.54, 1.807) is 31.2 Å². The van der Waals surface area contributed by atoms with Crippen molar-refractivity contribution in [3.05, 3.63) is 58.7 Å². The topological polar surface area (TPSA) is 55.7 Å². The molecular formula is C14H10ClNO3. The van der Waals surface area contributed by atoms with E-state index in [9.17, 15) is 9.59 Å². The molecule has 0 saturated heterocycles. The van der Waals surface area contributed by atoms with Crippen LogP contribution in [0, 0.1) is 0 Å². The zero-order chi connectivity index (χ0) is 13.8. The highest BCUT2D eigenvalue weighted by molar-refractivity contribution is 6.30. The Bertz CT molecular complexity index is 629. The highest BCUT2D eigenvalue weighted by Gasteiger charge is 2.10. The van der Waals surface area contributed by atoms with Crippen molar-refractivity contribution in [2.24, 2.45) is 5.16 Å². The summed E-state index contributed by atoms with van der Waals surface area (Å²) in [4.78, 5) is 27.7. The van der Waals surface area contributed by atoms with Crippen LogP contribution in [0.4, 0.5) is 0 Å². The van der Waals surface area contributed by atoms with Gasteiger partial charge in [0, 0.05) is 5.02 Å². The molecule has 1 aliphatic carbocycles. The van der Waals surface area contributed by atoms with E-state index in [4.69, 9.17) is 16.4 Å². The average molecular weight is 276 g/mol. The summed E-state index contributed by atoms with van der Waals surface area (Å²) in [7, 11) is 0. The second-order valence-electron chi connectivity index (χ2n) is 3.93. The molecule has 0 aliphatic heterocycles. The Balaban J connectivity index is 2.09. The number of carbonyl (C=O) groups excluding carboxylic acids is 2. The molecule has 19 heavy (non-hydrogen) atoms. The number of oxime groups is 1. The summed E-state index contributed by atoms with van der Waals surface area (Å²) in [5, 5.41) is 4.13. The predicted molar refractivity (Wildman–Crippen MR) is 72.2 cm³/mol. The maximum Gasteiger partial charge on any atom is 0.365 e. The smallest absolute Gasteiger partial charge is 0.312 e. The number of halogens is 1. The van der Waals surface area contributed by atoms with Crippen LogP contribution < -0.4 is 0 Å². The molecule has 0 spiro atoms. The number of allylic oxidation sites excluding steroid dienone is 4. The lowest BCUT2D eigenvalue weighted by Crippen LogP contribution is -2.07. The van der Waals surface area contributed by atoms with Crippen molar-refractivity contribution in [3.63, 3.8) is 0 Å². The molecule has 0 atom stereocenters. The van der Waals surface area contributed by atoms with Crippen LogP contribution >= 0.6 is 11.6 Å². The van der Waals surface area contributed by atoms with Gasteiger partial charge in [-0.3, -0.25) is 4.79 Å². The average Bonchev–Trinajstić information content (AvgIpc) is 2.40. The predicted octanol–water partition coefficient (Wildman–Crippen LogP) is 2.94. The molecule has 0 bridgehead atoms. The number of rotatable bonds is 2. The second-order valence-corrected chi connectivity index (χ2v) is 4.37. The highest BCUT2D eigenvalue weighted by atomic mass is 35.5. The molecule has 0 unspecified atom stereocenters. The zero-order valence-corrected chi connectivity index (χ0v) is 10.8. The third-order valence-electron chi connectivity index (χ3n) is 2.45. The normalized spacial score (nSPS) is 16.4. The maximum absolute atomic E-state index is 11.7. The van der Waals surface area contributed by atoms with Crippen LogP contribution in [0.5, 0.6) is 0 Å². The van der Waals surface area contributed by atoms with Crippen molar-refractivity contribution in [2.45, 2.75) is 6.92 Å². The number of ketones is 1. The van der Waals surface area contributed by atoms with Crippen molar-refractivity contribution in [1.82, 2.24) is 0 Å². The first-order chi connectivity index (χ1) is 9.06. The van der Waals surface area contributed by atoms with Crippen LogP contribution in [0.1, 0.15) is 17.3 Å². The van der Waals surface area contributed by atoms with Gasteiger partial charge in [0.1, 0.15) is 5.71 Å². The fourth-order valence-corrected chi connectivity index (χ4v) is 1.64. The van der Waals surface area contributed by atoms with Gasteiger partial charge in [-0.15, -0.1) is 0 Å². The van der Waals surface area contributed by atoms with E-state index in [-0.39, 0.29) is 5.78 Å². The van der Waals surface area contributed by atoms with E-state index in [2.05, 4.69) is 5.16 Å². The Morgan fingerprint density at radius 3 is 2.79 bits per heavy atom. The molecule has 96 valence electrons. The van der Waals surface area contributed by atoms with E-state index in [0.717, 1.165) is 0 Å². The van der Waals surface area contributed by atoms with Gasteiger partial charge in [-0.1, -0.05) is 22.8 Å². The Morgan fingerprint density at radius 2 is 2.11 bits per heavy atom. The Kier molecular flexibility index (Phi) is 3.92. The van der Waals surface area contributed by atoms with Crippen molar-refractivity contribution in [1.29, 1.82) is 0 Å². The first kappa shape index (κ1) is 13.2. The number of nitrogens with zero attached hydrogens (tertiary/aromatic N) is 1. The molecule has 0 saturated carbocycles. The number of benzene rings is 1. The molecule has 0 fully saturated rings. The van der Waals surface area contributed by atoms with E-state index in [1.165, 1.54) is 18.2 Å². The monoisotopic (exact) mass is 275 g/mol. The van der Waals surface area contributed by atoms with E-state index in [1.807, 2.05) is 0 Å². The lowest BCUT2D eigenvalue weighted by atomic mass is 10.1. The third-order valence-corrected chi connectivity index (χ3v) is 2.69. The van der Waals surface area contributed by atoms with E-state index >= 15 is 0 Å². The summed E-state index contributed by atoms with van der Waals surface area (Å²) in [6.07, 6.45) is 4.41. The Morgan fingerprint density at radius 1 is 1.32 bits per heavy atom. The van der Waals surface area contributed by atoms with Gasteiger partial charge in [0.05, 0.1) is 5.56 Å². The van der Waals surface area contributed by atoms with Crippen LogP contribution in [-0.2, 0) is 9.63 Å². The second kappa shape index (κ2) is 5.63. The van der Waals surface area contributed by atoms with Crippen molar-refractivity contribution in [3.8, 4) is 0 Å². The van der Waals surface area contributed by atoms with Crippen LogP contribution in [0.25, 0.3) is 0 Å². The van der Waals surface area contributed by atoms with Gasteiger partial charge in [-0.05, 0) is 48.9 Å². The standard InChI is InChI=1S/C14H10ClNO3/c1-9-7-12(5-6-13(9)17)16-19-14(18)10-3-2-4-11(15)8-10/h2-8H,1H3. The number of hydrogen-bond acceptors (Lipinski definition) is 4. The minimum absolute atomic E-state index is 0.0832. The molecule has 4 nitrogen and oxygen atoms in total. The fourth-order valence-electron chi connectivity index (χ4n) is 1.45. The molecule has 1 aromatic carbocycles. The molecule has 0 N–H and O–H groups in total. The SMILES string of the molecule is CC1=CC(=NOC(=O)c2cccc(Cl)c2)C=CC1=O. The van der Waals surface area contributed by atoms with E-state index in [0.29, 0.717) is 21.9 Å². The molecule has 5 heteroatoms. The first-order valence-electron chi connectivity index (χ1n) is 5.52. The summed E-state index contributed by atoms with van der Waals surface area (Å²) in [6.45, 7) is 1.67. The van der Waals surface area contributed by atoms with Crippen LogP contribution in [0.15, 0.2) is 53.2 Å². The van der Waals surface area contributed by atoms with Gasteiger partial charge in [0.25, 0.3) is 0 Å². The summed E-state index contributed by atoms with van der Waals surface area (Å²) in [6, 6.07) is 6.38. The lowest BCUT2D eigenvalue weighted by molar-refractivity contribution is -0.111. The van der Waals surface area contributed by atoms with Gasteiger partial charge in [0.15, 0.2) is 5.78 Å². The maximum atomic E-state index is 11.7. The highest BCUT2D eigenvalue weighted by Crippen LogP contribution is 2.12. The molecule has 0 aromatic heterocycles. The lowest BCUT2D eigenvalue weighted by Gasteiger charge is -2.03. The van der Waals surface area contributed by atoms with Gasteiger partial charge in [-0.25, -0.2) is 4.79 Å². The quantitative estimate of drug-likeness (QED) is 0.474. The molecule has 1 aliphatic rings. The third kappa shape index (κ3) is 3.39. The summed E-state index contributed by atoms with van der Waals surface area (Å²) < 4.78 is 0. The molecule has 0 amide bonds. The molecule has 0 radical (unpaired) electrons. The molecular weight excluding hydrogens is 266 g/mol. The van der Waals surface area contributed by atoms with Crippen LogP contribution in [-0.4, -0.2) is 17.5 Å². The van der Waals surface area contributed by atoms with Gasteiger partial charge in [0.2, 0.25) is 0 Å². The van der Waals surface area contributed by atoms with E-state index < -0.39 is 5.97 Å². The summed E-state index contributed by atoms with van der Waals surface area (Å²) in [5.74, 6) is -0.688. The fraction of sp³-hybridized carbons (Fsp3) is 0.0714. The number of hydrogen-bond donors (Lipinski definition) is 0. The Labute approximate surface area is 115 Å². The van der Waals surface area contributed by atoms with Crippen molar-refractivity contribution < 1.29 is 14.4 Å². The van der Waals surface area contributed by atoms with Gasteiger partial charge in [-0.2, -0.15) is 0 Å². The van der Waals surface area contributed by atoms with Crippen molar-refractivity contribution in [2.75, 3.05) is 0 Å². The van der Waals surface area contributed by atoms with Gasteiger partial charge < -0.3 is 4.84 Å². The molecule has 1 aromatic rings. The molecule has 0 heterocycles. The first-order valence-corrected chi connectivity index (χ1v) is 5.89. The molecule has 2 rings (SSSR count). The number of carbonyl (C=O) groups is 2. The summed E-state index contributed by atoms with van der Waals surface area (Å²) >= 11 is 5.77. The zero-order valence-electron chi connectivity index (χ0n) is 10.1.